The Balaban J connectivity index is 1.92. The predicted molar refractivity (Wildman–Crippen MR) is 91.4 cm³/mol. The Labute approximate surface area is 141 Å². The third-order valence-electron chi connectivity index (χ3n) is 4.90. The van der Waals surface area contributed by atoms with Crippen LogP contribution < -0.4 is 11.1 Å². The van der Waals surface area contributed by atoms with Crippen molar-refractivity contribution in [1.29, 1.82) is 0 Å². The molecule has 0 spiro atoms. The molecule has 1 fully saturated rings. The second-order valence-corrected chi connectivity index (χ2v) is 7.10. The van der Waals surface area contributed by atoms with Gasteiger partial charge in [-0.3, -0.25) is 14.9 Å². The zero-order chi connectivity index (χ0) is 17.7. The highest BCUT2D eigenvalue weighted by Crippen LogP contribution is 2.38. The van der Waals surface area contributed by atoms with Crippen LogP contribution in [0.15, 0.2) is 23.7 Å². The summed E-state index contributed by atoms with van der Waals surface area (Å²) in [5.74, 6) is -0.745. The number of benzene rings is 1. The number of hydrogen-bond acceptors (Lipinski definition) is 5. The average Bonchev–Trinajstić information content (AvgIpc) is 2.89. The molecule has 0 unspecified atom stereocenters. The lowest BCUT2D eigenvalue weighted by atomic mass is 9.77. The molecule has 3 rings (SSSR count). The van der Waals surface area contributed by atoms with Crippen LogP contribution in [-0.2, 0) is 9.31 Å². The Morgan fingerprint density at radius 3 is 2.29 bits per heavy atom. The minimum Gasteiger partial charge on any atom is -0.400 e. The summed E-state index contributed by atoms with van der Waals surface area (Å²) in [5, 5.41) is 2.28. The van der Waals surface area contributed by atoms with Crippen molar-refractivity contribution in [2.75, 3.05) is 6.54 Å². The van der Waals surface area contributed by atoms with E-state index in [2.05, 4.69) is 5.32 Å². The van der Waals surface area contributed by atoms with E-state index in [1.165, 1.54) is 0 Å². The molecule has 0 atom stereocenters. The summed E-state index contributed by atoms with van der Waals surface area (Å²) in [5.41, 5.74) is 7.29. The molecule has 0 bridgehead atoms. The molecule has 0 radical (unpaired) electrons. The number of hydrogen-bond donors (Lipinski definition) is 2. The molecule has 2 aliphatic heterocycles. The highest BCUT2D eigenvalue weighted by Gasteiger charge is 2.52. The number of nitrogens with two attached hydrogens (primary N) is 1. The SMILES string of the molecule is CC1(C)OB(C(=Cc2ccc3c(c2)C(=O)NC3=O)CN)OC1(C)C. The van der Waals surface area contributed by atoms with Crippen molar-refractivity contribution < 1.29 is 18.9 Å². The average molecular weight is 328 g/mol. The van der Waals surface area contributed by atoms with E-state index >= 15 is 0 Å². The van der Waals surface area contributed by atoms with Crippen LogP contribution in [0.3, 0.4) is 0 Å². The van der Waals surface area contributed by atoms with E-state index in [0.717, 1.165) is 11.0 Å². The monoisotopic (exact) mass is 328 g/mol. The Morgan fingerprint density at radius 2 is 1.71 bits per heavy atom. The van der Waals surface area contributed by atoms with Gasteiger partial charge < -0.3 is 15.0 Å². The van der Waals surface area contributed by atoms with Gasteiger partial charge in [-0.1, -0.05) is 12.1 Å². The zero-order valence-electron chi connectivity index (χ0n) is 14.3. The molecule has 6 nitrogen and oxygen atoms in total. The highest BCUT2D eigenvalue weighted by molar-refractivity contribution is 6.55. The smallest absolute Gasteiger partial charge is 0.400 e. The first-order valence-electron chi connectivity index (χ1n) is 7.90. The van der Waals surface area contributed by atoms with Crippen LogP contribution in [0.25, 0.3) is 6.08 Å². The number of nitrogens with one attached hydrogen (secondary N) is 1. The van der Waals surface area contributed by atoms with Crippen molar-refractivity contribution in [3.05, 3.63) is 40.4 Å². The van der Waals surface area contributed by atoms with Crippen LogP contribution in [0, 0.1) is 0 Å². The van der Waals surface area contributed by atoms with E-state index in [9.17, 15) is 9.59 Å². The van der Waals surface area contributed by atoms with Crippen molar-refractivity contribution in [1.82, 2.24) is 5.32 Å². The van der Waals surface area contributed by atoms with Gasteiger partial charge >= 0.3 is 7.12 Å². The lowest BCUT2D eigenvalue weighted by molar-refractivity contribution is 0.00578. The molecule has 2 aliphatic rings. The number of carbonyl (C=O) groups is 2. The summed E-state index contributed by atoms with van der Waals surface area (Å²) >= 11 is 0. The molecular formula is C17H21BN2O4. The molecule has 3 N–H and O–H groups in total. The van der Waals surface area contributed by atoms with E-state index in [1.54, 1.807) is 18.2 Å². The van der Waals surface area contributed by atoms with Crippen LogP contribution in [-0.4, -0.2) is 36.7 Å². The standard InChI is InChI=1S/C17H21BN2O4/c1-16(2)17(3,4)24-18(23-16)11(9-19)7-10-5-6-12-13(8-10)15(22)20-14(12)21/h5-8H,9,19H2,1-4H3,(H,20,21,22). The van der Waals surface area contributed by atoms with Gasteiger partial charge in [-0.05, 0) is 50.9 Å². The molecule has 0 saturated carbocycles. The Bertz CT molecular complexity index is 739. The fourth-order valence-corrected chi connectivity index (χ4v) is 2.71. The molecule has 1 saturated heterocycles. The summed E-state index contributed by atoms with van der Waals surface area (Å²) in [6.45, 7) is 8.18. The Morgan fingerprint density at radius 1 is 1.12 bits per heavy atom. The fourth-order valence-electron chi connectivity index (χ4n) is 2.71. The second kappa shape index (κ2) is 5.55. The molecule has 1 aromatic carbocycles. The molecule has 0 aliphatic carbocycles. The number of amides is 2. The molecule has 2 amide bonds. The van der Waals surface area contributed by atoms with Gasteiger partial charge in [0, 0.05) is 6.54 Å². The van der Waals surface area contributed by atoms with Crippen molar-refractivity contribution in [3.8, 4) is 0 Å². The quantitative estimate of drug-likeness (QED) is 0.649. The topological polar surface area (TPSA) is 90.7 Å². The molecule has 7 heteroatoms. The number of carbonyl (C=O) groups excluding carboxylic acids is 2. The zero-order valence-corrected chi connectivity index (χ0v) is 14.3. The first-order valence-corrected chi connectivity index (χ1v) is 7.90. The number of rotatable bonds is 3. The van der Waals surface area contributed by atoms with Crippen LogP contribution in [0.1, 0.15) is 54.0 Å². The van der Waals surface area contributed by atoms with E-state index in [1.807, 2.05) is 33.8 Å². The van der Waals surface area contributed by atoms with Gasteiger partial charge in [-0.25, -0.2) is 0 Å². The normalized spacial score (nSPS) is 21.9. The first kappa shape index (κ1) is 16.9. The van der Waals surface area contributed by atoms with Crippen LogP contribution >= 0.6 is 0 Å². The molecule has 126 valence electrons. The van der Waals surface area contributed by atoms with Crippen molar-refractivity contribution in [2.45, 2.75) is 38.9 Å². The van der Waals surface area contributed by atoms with E-state index in [0.29, 0.717) is 11.1 Å². The van der Waals surface area contributed by atoms with Gasteiger partial charge in [0.25, 0.3) is 11.8 Å². The number of fused-ring (bicyclic) bond motifs is 1. The first-order chi connectivity index (χ1) is 11.1. The summed E-state index contributed by atoms with van der Waals surface area (Å²) in [6.07, 6.45) is 1.85. The van der Waals surface area contributed by atoms with Gasteiger partial charge in [0.1, 0.15) is 0 Å². The molecule has 1 aromatic rings. The van der Waals surface area contributed by atoms with Gasteiger partial charge in [0.05, 0.1) is 22.3 Å². The van der Waals surface area contributed by atoms with Crippen molar-refractivity contribution in [2.24, 2.45) is 5.73 Å². The lowest BCUT2D eigenvalue weighted by Crippen LogP contribution is -2.41. The van der Waals surface area contributed by atoms with Crippen LogP contribution in [0.4, 0.5) is 0 Å². The van der Waals surface area contributed by atoms with Gasteiger partial charge in [-0.15, -0.1) is 0 Å². The molecular weight excluding hydrogens is 307 g/mol. The van der Waals surface area contributed by atoms with Gasteiger partial charge in [0.2, 0.25) is 0 Å². The highest BCUT2D eigenvalue weighted by atomic mass is 16.7. The summed E-state index contributed by atoms with van der Waals surface area (Å²) < 4.78 is 12.0. The van der Waals surface area contributed by atoms with Crippen LogP contribution in [0.5, 0.6) is 0 Å². The minimum atomic E-state index is -0.538. The maximum absolute atomic E-state index is 11.8. The molecule has 0 aromatic heterocycles. The minimum absolute atomic E-state index is 0.263. The molecule has 24 heavy (non-hydrogen) atoms. The van der Waals surface area contributed by atoms with E-state index < -0.39 is 18.3 Å². The molecule has 2 heterocycles. The summed E-state index contributed by atoms with van der Waals surface area (Å²) in [6, 6.07) is 5.09. The fraction of sp³-hybridized carbons (Fsp3) is 0.412. The Kier molecular flexibility index (Phi) is 3.90. The summed E-state index contributed by atoms with van der Waals surface area (Å²) in [4.78, 5) is 23.4. The Hall–Kier alpha value is -1.96. The van der Waals surface area contributed by atoms with Crippen LogP contribution in [0.2, 0.25) is 0 Å². The van der Waals surface area contributed by atoms with E-state index in [-0.39, 0.29) is 18.4 Å². The largest absolute Gasteiger partial charge is 0.491 e. The van der Waals surface area contributed by atoms with Crippen molar-refractivity contribution in [3.63, 3.8) is 0 Å². The second-order valence-electron chi connectivity index (χ2n) is 7.10. The van der Waals surface area contributed by atoms with Crippen molar-refractivity contribution >= 4 is 25.0 Å². The maximum atomic E-state index is 11.8. The maximum Gasteiger partial charge on any atom is 0.491 e. The predicted octanol–water partition coefficient (Wildman–Crippen LogP) is 1.54. The van der Waals surface area contributed by atoms with E-state index in [4.69, 9.17) is 15.0 Å². The summed E-state index contributed by atoms with van der Waals surface area (Å²) in [7, 11) is -0.538. The van der Waals surface area contributed by atoms with Gasteiger partial charge in [0.15, 0.2) is 0 Å². The third-order valence-corrected chi connectivity index (χ3v) is 4.90. The van der Waals surface area contributed by atoms with Gasteiger partial charge in [-0.2, -0.15) is 0 Å². The lowest BCUT2D eigenvalue weighted by Gasteiger charge is -2.32. The third kappa shape index (κ3) is 2.68. The number of imide groups is 1.